The summed E-state index contributed by atoms with van der Waals surface area (Å²) in [7, 11) is 1.85. The second kappa shape index (κ2) is 6.68. The van der Waals surface area contributed by atoms with E-state index < -0.39 is 0 Å². The van der Waals surface area contributed by atoms with E-state index in [4.69, 9.17) is 0 Å². The molecule has 1 amide bonds. The number of carbonyl (C=O) groups excluding carboxylic acids is 1. The fraction of sp³-hybridized carbons (Fsp3) is 0.533. The number of benzene rings is 1. The first-order chi connectivity index (χ1) is 9.20. The minimum atomic E-state index is -0.0704. The molecule has 0 bridgehead atoms. The van der Waals surface area contributed by atoms with Gasteiger partial charge in [0.05, 0.1) is 13.2 Å². The van der Waals surface area contributed by atoms with Crippen molar-refractivity contribution in [2.45, 2.75) is 31.3 Å². The minimum absolute atomic E-state index is 0.0370. The molecule has 4 heteroatoms. The van der Waals surface area contributed by atoms with E-state index in [0.717, 1.165) is 24.8 Å². The third-order valence-corrected chi connectivity index (χ3v) is 3.58. The zero-order chi connectivity index (χ0) is 13.7. The van der Waals surface area contributed by atoms with Crippen LogP contribution in [0.2, 0.25) is 0 Å². The maximum absolute atomic E-state index is 11.9. The molecule has 1 saturated carbocycles. The number of hydrogen-bond donors (Lipinski definition) is 2. The van der Waals surface area contributed by atoms with Gasteiger partial charge in [0, 0.05) is 19.1 Å². The van der Waals surface area contributed by atoms with E-state index in [0.29, 0.717) is 12.6 Å². The summed E-state index contributed by atoms with van der Waals surface area (Å²) < 4.78 is 0. The summed E-state index contributed by atoms with van der Waals surface area (Å²) >= 11 is 0. The molecule has 1 aliphatic rings. The van der Waals surface area contributed by atoms with Gasteiger partial charge in [0.1, 0.15) is 0 Å². The summed E-state index contributed by atoms with van der Waals surface area (Å²) in [4.78, 5) is 13.7. The first kappa shape index (κ1) is 14.0. The number of hydrogen-bond acceptors (Lipinski definition) is 3. The number of nitrogens with zero attached hydrogens (tertiary/aromatic N) is 1. The largest absolute Gasteiger partial charge is 0.395 e. The summed E-state index contributed by atoms with van der Waals surface area (Å²) in [5.74, 6) is 0.106. The summed E-state index contributed by atoms with van der Waals surface area (Å²) in [5, 5.41) is 12.5. The SMILES string of the molecule is CN(C(=O)CNC(CO)Cc1ccccc1)C1CC1. The summed E-state index contributed by atoms with van der Waals surface area (Å²) in [6.45, 7) is 0.334. The zero-order valence-corrected chi connectivity index (χ0v) is 11.4. The van der Waals surface area contributed by atoms with Crippen molar-refractivity contribution in [3.05, 3.63) is 35.9 Å². The highest BCUT2D eigenvalue weighted by Gasteiger charge is 2.29. The van der Waals surface area contributed by atoms with E-state index in [2.05, 4.69) is 5.32 Å². The Balaban J connectivity index is 1.77. The second-order valence-corrected chi connectivity index (χ2v) is 5.19. The molecule has 1 aromatic rings. The average Bonchev–Trinajstić information content (AvgIpc) is 3.27. The lowest BCUT2D eigenvalue weighted by atomic mass is 10.1. The van der Waals surface area contributed by atoms with Gasteiger partial charge in [-0.15, -0.1) is 0 Å². The lowest BCUT2D eigenvalue weighted by Crippen LogP contribution is -2.43. The molecule has 1 aromatic carbocycles. The maximum atomic E-state index is 11.9. The van der Waals surface area contributed by atoms with Crippen LogP contribution in [0.15, 0.2) is 30.3 Å². The molecule has 0 heterocycles. The van der Waals surface area contributed by atoms with E-state index in [1.54, 1.807) is 0 Å². The van der Waals surface area contributed by atoms with Gasteiger partial charge in [-0.2, -0.15) is 0 Å². The van der Waals surface area contributed by atoms with Crippen LogP contribution in [-0.4, -0.2) is 48.2 Å². The van der Waals surface area contributed by atoms with Crippen LogP contribution in [0.1, 0.15) is 18.4 Å². The normalized spacial score (nSPS) is 16.1. The van der Waals surface area contributed by atoms with Crippen molar-refractivity contribution in [2.75, 3.05) is 20.2 Å². The smallest absolute Gasteiger partial charge is 0.236 e. The van der Waals surface area contributed by atoms with Gasteiger partial charge in [0.2, 0.25) is 5.91 Å². The van der Waals surface area contributed by atoms with Crippen molar-refractivity contribution in [1.82, 2.24) is 10.2 Å². The number of aliphatic hydroxyl groups is 1. The van der Waals surface area contributed by atoms with Gasteiger partial charge in [-0.3, -0.25) is 4.79 Å². The van der Waals surface area contributed by atoms with E-state index in [1.165, 1.54) is 0 Å². The third-order valence-electron chi connectivity index (χ3n) is 3.58. The van der Waals surface area contributed by atoms with E-state index >= 15 is 0 Å². The fourth-order valence-electron chi connectivity index (χ4n) is 2.12. The Kier molecular flexibility index (Phi) is 4.93. The molecule has 0 saturated heterocycles. The van der Waals surface area contributed by atoms with Crippen LogP contribution < -0.4 is 5.32 Å². The van der Waals surface area contributed by atoms with Crippen LogP contribution in [0, 0.1) is 0 Å². The lowest BCUT2D eigenvalue weighted by Gasteiger charge is -2.20. The van der Waals surface area contributed by atoms with Gasteiger partial charge >= 0.3 is 0 Å². The number of rotatable bonds is 7. The highest BCUT2D eigenvalue weighted by atomic mass is 16.3. The molecule has 0 aromatic heterocycles. The molecule has 104 valence electrons. The zero-order valence-electron chi connectivity index (χ0n) is 11.4. The molecule has 1 atom stereocenters. The molecule has 0 spiro atoms. The van der Waals surface area contributed by atoms with Gasteiger partial charge in [-0.05, 0) is 24.8 Å². The summed E-state index contributed by atoms with van der Waals surface area (Å²) in [6.07, 6.45) is 2.98. The van der Waals surface area contributed by atoms with Gasteiger partial charge in [0.15, 0.2) is 0 Å². The minimum Gasteiger partial charge on any atom is -0.395 e. The standard InChI is InChI=1S/C15H22N2O2/c1-17(14-7-8-14)15(19)10-16-13(11-18)9-12-5-3-2-4-6-12/h2-6,13-14,16,18H,7-11H2,1H3. The van der Waals surface area contributed by atoms with Crippen molar-refractivity contribution < 1.29 is 9.90 Å². The second-order valence-electron chi connectivity index (χ2n) is 5.19. The van der Waals surface area contributed by atoms with Crippen LogP contribution in [-0.2, 0) is 11.2 Å². The van der Waals surface area contributed by atoms with Crippen LogP contribution in [0.25, 0.3) is 0 Å². The fourth-order valence-corrected chi connectivity index (χ4v) is 2.12. The van der Waals surface area contributed by atoms with Crippen LogP contribution >= 0.6 is 0 Å². The average molecular weight is 262 g/mol. The van der Waals surface area contributed by atoms with Crippen molar-refractivity contribution in [1.29, 1.82) is 0 Å². The predicted octanol–water partition coefficient (Wildman–Crippen LogP) is 0.800. The van der Waals surface area contributed by atoms with E-state index in [9.17, 15) is 9.90 Å². The molecule has 1 unspecified atom stereocenters. The molecule has 4 nitrogen and oxygen atoms in total. The molecular weight excluding hydrogens is 240 g/mol. The molecule has 19 heavy (non-hydrogen) atoms. The van der Waals surface area contributed by atoms with Crippen molar-refractivity contribution in [3.8, 4) is 0 Å². The number of likely N-dealkylation sites (N-methyl/N-ethyl adjacent to an activating group) is 1. The van der Waals surface area contributed by atoms with E-state index in [-0.39, 0.29) is 18.6 Å². The van der Waals surface area contributed by atoms with Crippen molar-refractivity contribution >= 4 is 5.91 Å². The van der Waals surface area contributed by atoms with Gasteiger partial charge in [-0.1, -0.05) is 30.3 Å². The van der Waals surface area contributed by atoms with Crippen LogP contribution in [0.4, 0.5) is 0 Å². The first-order valence-corrected chi connectivity index (χ1v) is 6.84. The Morgan fingerprint density at radius 1 is 1.42 bits per heavy atom. The van der Waals surface area contributed by atoms with E-state index in [1.807, 2.05) is 42.3 Å². The summed E-state index contributed by atoms with van der Waals surface area (Å²) in [5.41, 5.74) is 1.16. The Labute approximate surface area is 114 Å². The monoisotopic (exact) mass is 262 g/mol. The van der Waals surface area contributed by atoms with Gasteiger partial charge < -0.3 is 15.3 Å². The summed E-state index contributed by atoms with van der Waals surface area (Å²) in [6, 6.07) is 10.4. The van der Waals surface area contributed by atoms with Gasteiger partial charge in [-0.25, -0.2) is 0 Å². The molecule has 2 rings (SSSR count). The lowest BCUT2D eigenvalue weighted by molar-refractivity contribution is -0.129. The molecular formula is C15H22N2O2. The van der Waals surface area contributed by atoms with Crippen molar-refractivity contribution in [2.24, 2.45) is 0 Å². The Morgan fingerprint density at radius 3 is 2.68 bits per heavy atom. The number of nitrogens with one attached hydrogen (secondary N) is 1. The highest BCUT2D eigenvalue weighted by molar-refractivity contribution is 5.78. The van der Waals surface area contributed by atoms with Gasteiger partial charge in [0.25, 0.3) is 0 Å². The molecule has 1 fully saturated rings. The molecule has 2 N–H and O–H groups in total. The Morgan fingerprint density at radius 2 is 2.11 bits per heavy atom. The number of carbonyl (C=O) groups is 1. The number of amides is 1. The topological polar surface area (TPSA) is 52.6 Å². The van der Waals surface area contributed by atoms with Crippen LogP contribution in [0.3, 0.4) is 0 Å². The number of aliphatic hydroxyl groups excluding tert-OH is 1. The Bertz CT molecular complexity index is 404. The predicted molar refractivity (Wildman–Crippen MR) is 74.8 cm³/mol. The Hall–Kier alpha value is -1.39. The van der Waals surface area contributed by atoms with Crippen molar-refractivity contribution in [3.63, 3.8) is 0 Å². The third kappa shape index (κ3) is 4.33. The molecule has 1 aliphatic carbocycles. The maximum Gasteiger partial charge on any atom is 0.236 e. The van der Waals surface area contributed by atoms with Crippen LogP contribution in [0.5, 0.6) is 0 Å². The first-order valence-electron chi connectivity index (χ1n) is 6.84. The highest BCUT2D eigenvalue weighted by Crippen LogP contribution is 2.25. The molecule has 0 radical (unpaired) electrons. The molecule has 0 aliphatic heterocycles. The quantitative estimate of drug-likeness (QED) is 0.764.